The standard InChI is InChI=1S/C23H15ClN2O4/c1-25-21-10-7-16(23(28)14-5-8-18(9-6-14)26(29)30)12-20(21)19(13-22(25)27)15-3-2-4-17(24)11-15/h2-13H,1H3. The zero-order valence-electron chi connectivity index (χ0n) is 15.8. The minimum absolute atomic E-state index is 0.0803. The monoisotopic (exact) mass is 418 g/mol. The number of aromatic nitrogens is 1. The molecule has 0 aliphatic carbocycles. The number of ketones is 1. The van der Waals surface area contributed by atoms with Gasteiger partial charge in [-0.1, -0.05) is 23.7 Å². The van der Waals surface area contributed by atoms with Gasteiger partial charge in [0.2, 0.25) is 0 Å². The Bertz CT molecular complexity index is 1370. The number of non-ortho nitro benzene ring substituents is 1. The van der Waals surface area contributed by atoms with E-state index >= 15 is 0 Å². The summed E-state index contributed by atoms with van der Waals surface area (Å²) in [6.45, 7) is 0. The number of nitro benzene ring substituents is 1. The van der Waals surface area contributed by atoms with Crippen LogP contribution in [0.4, 0.5) is 5.69 Å². The highest BCUT2D eigenvalue weighted by Crippen LogP contribution is 2.30. The van der Waals surface area contributed by atoms with Crippen LogP contribution in [0, 0.1) is 10.1 Å². The van der Waals surface area contributed by atoms with E-state index < -0.39 is 4.92 Å². The van der Waals surface area contributed by atoms with Crippen molar-refractivity contribution in [1.29, 1.82) is 0 Å². The SMILES string of the molecule is Cn1c(=O)cc(-c2cccc(Cl)c2)c2cc(C(=O)c3ccc([N+](=O)[O-])cc3)ccc21. The Hall–Kier alpha value is -3.77. The van der Waals surface area contributed by atoms with Gasteiger partial charge in [0.15, 0.2) is 5.78 Å². The molecule has 0 N–H and O–H groups in total. The van der Waals surface area contributed by atoms with E-state index in [1.165, 1.54) is 34.9 Å². The predicted octanol–water partition coefficient (Wildman–Crippen LogP) is 5.00. The van der Waals surface area contributed by atoms with Crippen LogP contribution in [0.15, 0.2) is 77.6 Å². The van der Waals surface area contributed by atoms with Crippen molar-refractivity contribution < 1.29 is 9.72 Å². The number of benzene rings is 3. The quantitative estimate of drug-likeness (QED) is 0.265. The summed E-state index contributed by atoms with van der Waals surface area (Å²) in [6.07, 6.45) is 0. The first-order valence-electron chi connectivity index (χ1n) is 9.04. The minimum atomic E-state index is -0.512. The Morgan fingerprint density at radius 3 is 2.33 bits per heavy atom. The molecule has 30 heavy (non-hydrogen) atoms. The van der Waals surface area contributed by atoms with Crippen molar-refractivity contribution in [2.75, 3.05) is 0 Å². The Morgan fingerprint density at radius 1 is 0.967 bits per heavy atom. The van der Waals surface area contributed by atoms with Gasteiger partial charge in [-0.25, -0.2) is 0 Å². The second kappa shape index (κ2) is 7.57. The molecule has 0 unspecified atom stereocenters. The predicted molar refractivity (Wildman–Crippen MR) is 116 cm³/mol. The van der Waals surface area contributed by atoms with Crippen molar-refractivity contribution in [3.05, 3.63) is 109 Å². The van der Waals surface area contributed by atoms with Crippen LogP contribution >= 0.6 is 11.6 Å². The number of hydrogen-bond acceptors (Lipinski definition) is 4. The Balaban J connectivity index is 1.88. The van der Waals surface area contributed by atoms with E-state index in [1.54, 1.807) is 43.4 Å². The van der Waals surface area contributed by atoms with Crippen molar-refractivity contribution in [1.82, 2.24) is 4.57 Å². The number of fused-ring (bicyclic) bond motifs is 1. The molecule has 0 saturated carbocycles. The van der Waals surface area contributed by atoms with Crippen molar-refractivity contribution in [2.45, 2.75) is 0 Å². The lowest BCUT2D eigenvalue weighted by Crippen LogP contribution is -2.16. The summed E-state index contributed by atoms with van der Waals surface area (Å²) in [5.74, 6) is -0.266. The molecule has 0 amide bonds. The third-order valence-electron chi connectivity index (χ3n) is 4.98. The van der Waals surface area contributed by atoms with Crippen molar-refractivity contribution in [3.8, 4) is 11.1 Å². The Morgan fingerprint density at radius 2 is 1.67 bits per heavy atom. The Kier molecular flexibility index (Phi) is 4.93. The number of nitrogens with zero attached hydrogens (tertiary/aromatic N) is 2. The van der Waals surface area contributed by atoms with Crippen LogP contribution in [0.2, 0.25) is 5.02 Å². The van der Waals surface area contributed by atoms with E-state index in [9.17, 15) is 19.7 Å². The summed E-state index contributed by atoms with van der Waals surface area (Å²) in [5, 5.41) is 12.1. The normalized spacial score (nSPS) is 10.9. The molecule has 4 rings (SSSR count). The topological polar surface area (TPSA) is 82.2 Å². The maximum Gasteiger partial charge on any atom is 0.269 e. The second-order valence-corrected chi connectivity index (χ2v) is 7.27. The van der Waals surface area contributed by atoms with Crippen LogP contribution in [0.5, 0.6) is 0 Å². The number of carbonyl (C=O) groups excluding carboxylic acids is 1. The number of aryl methyl sites for hydroxylation is 1. The van der Waals surface area contributed by atoms with Gasteiger partial charge in [0.05, 0.1) is 10.4 Å². The first-order valence-corrected chi connectivity index (χ1v) is 9.42. The van der Waals surface area contributed by atoms with Gasteiger partial charge in [-0.15, -0.1) is 0 Å². The molecule has 6 nitrogen and oxygen atoms in total. The lowest BCUT2D eigenvalue weighted by molar-refractivity contribution is -0.384. The summed E-state index contributed by atoms with van der Waals surface area (Å²) >= 11 is 6.13. The van der Waals surface area contributed by atoms with E-state index in [0.717, 1.165) is 10.9 Å². The van der Waals surface area contributed by atoms with E-state index in [1.807, 2.05) is 6.07 Å². The Labute approximate surface area is 176 Å². The van der Waals surface area contributed by atoms with Gasteiger partial charge in [0, 0.05) is 46.8 Å². The van der Waals surface area contributed by atoms with Crippen molar-refractivity contribution in [2.24, 2.45) is 7.05 Å². The van der Waals surface area contributed by atoms with Crippen molar-refractivity contribution in [3.63, 3.8) is 0 Å². The first kappa shape index (κ1) is 19.5. The average Bonchev–Trinajstić information content (AvgIpc) is 2.75. The van der Waals surface area contributed by atoms with Gasteiger partial charge >= 0.3 is 0 Å². The van der Waals surface area contributed by atoms with Crippen LogP contribution < -0.4 is 5.56 Å². The summed E-state index contributed by atoms with van der Waals surface area (Å²) in [7, 11) is 1.67. The molecule has 0 saturated heterocycles. The molecule has 1 aromatic heterocycles. The van der Waals surface area contributed by atoms with E-state index in [0.29, 0.717) is 27.2 Å². The summed E-state index contributed by atoms with van der Waals surface area (Å²) < 4.78 is 1.52. The third kappa shape index (κ3) is 3.49. The summed E-state index contributed by atoms with van der Waals surface area (Å²) in [6, 6.07) is 19.3. The van der Waals surface area contributed by atoms with Gasteiger partial charge in [-0.3, -0.25) is 19.7 Å². The second-order valence-electron chi connectivity index (χ2n) is 6.83. The highest BCUT2D eigenvalue weighted by molar-refractivity contribution is 6.31. The summed E-state index contributed by atoms with van der Waals surface area (Å²) in [5.41, 5.74) is 2.62. The number of hydrogen-bond donors (Lipinski definition) is 0. The van der Waals surface area contributed by atoms with E-state index in [4.69, 9.17) is 11.6 Å². The van der Waals surface area contributed by atoms with E-state index in [2.05, 4.69) is 0 Å². The first-order chi connectivity index (χ1) is 14.3. The van der Waals surface area contributed by atoms with Gasteiger partial charge < -0.3 is 4.57 Å². The fourth-order valence-electron chi connectivity index (χ4n) is 3.40. The van der Waals surface area contributed by atoms with E-state index in [-0.39, 0.29) is 17.0 Å². The largest absolute Gasteiger partial charge is 0.311 e. The molecular weight excluding hydrogens is 404 g/mol. The van der Waals surface area contributed by atoms with Crippen LogP contribution in [-0.2, 0) is 7.05 Å². The smallest absolute Gasteiger partial charge is 0.269 e. The van der Waals surface area contributed by atoms with Crippen LogP contribution in [0.3, 0.4) is 0 Å². The van der Waals surface area contributed by atoms with Gasteiger partial charge in [-0.05, 0) is 53.6 Å². The lowest BCUT2D eigenvalue weighted by atomic mass is 9.96. The fourth-order valence-corrected chi connectivity index (χ4v) is 3.59. The molecule has 7 heteroatoms. The minimum Gasteiger partial charge on any atom is -0.311 e. The maximum atomic E-state index is 13.0. The molecule has 0 atom stereocenters. The van der Waals surface area contributed by atoms with Crippen LogP contribution in [-0.4, -0.2) is 15.3 Å². The molecular formula is C23H15ClN2O4. The number of rotatable bonds is 4. The summed E-state index contributed by atoms with van der Waals surface area (Å²) in [4.78, 5) is 35.7. The maximum absolute atomic E-state index is 13.0. The third-order valence-corrected chi connectivity index (χ3v) is 5.22. The zero-order valence-corrected chi connectivity index (χ0v) is 16.6. The van der Waals surface area contributed by atoms with Gasteiger partial charge in [-0.2, -0.15) is 0 Å². The molecule has 0 spiro atoms. The number of nitro groups is 1. The molecule has 0 radical (unpaired) electrons. The molecule has 4 aromatic rings. The molecule has 0 aliphatic heterocycles. The molecule has 0 bridgehead atoms. The van der Waals surface area contributed by atoms with Crippen molar-refractivity contribution >= 4 is 34.0 Å². The highest BCUT2D eigenvalue weighted by atomic mass is 35.5. The fraction of sp³-hybridized carbons (Fsp3) is 0.0435. The molecule has 1 heterocycles. The molecule has 148 valence electrons. The molecule has 0 fully saturated rings. The van der Waals surface area contributed by atoms with Gasteiger partial charge in [0.25, 0.3) is 11.2 Å². The molecule has 0 aliphatic rings. The zero-order chi connectivity index (χ0) is 21.4. The number of pyridine rings is 1. The molecule has 3 aromatic carbocycles. The van der Waals surface area contributed by atoms with Gasteiger partial charge in [0.1, 0.15) is 0 Å². The number of carbonyl (C=O) groups is 1. The van der Waals surface area contributed by atoms with Crippen LogP contribution in [0.25, 0.3) is 22.0 Å². The van der Waals surface area contributed by atoms with Crippen LogP contribution in [0.1, 0.15) is 15.9 Å². The number of halogens is 1. The lowest BCUT2D eigenvalue weighted by Gasteiger charge is -2.12. The highest BCUT2D eigenvalue weighted by Gasteiger charge is 2.15. The average molecular weight is 419 g/mol.